The summed E-state index contributed by atoms with van der Waals surface area (Å²) < 4.78 is 1.20. The van der Waals surface area contributed by atoms with Crippen molar-refractivity contribution in [1.82, 2.24) is 4.98 Å². The first-order valence-electron chi connectivity index (χ1n) is 6.93. The Labute approximate surface area is 127 Å². The lowest BCUT2D eigenvalue weighted by atomic mass is 10.2. The van der Waals surface area contributed by atoms with Gasteiger partial charge in [0.15, 0.2) is 0 Å². The Kier molecular flexibility index (Phi) is 3.71. The maximum atomic E-state index is 11.4. The molecule has 4 heteroatoms. The lowest BCUT2D eigenvalue weighted by Crippen LogP contribution is -2.08. The second-order valence-electron chi connectivity index (χ2n) is 4.97. The third-order valence-electron chi connectivity index (χ3n) is 3.28. The van der Waals surface area contributed by atoms with E-state index < -0.39 is 0 Å². The molecule has 1 heterocycles. The molecule has 0 aliphatic rings. The van der Waals surface area contributed by atoms with Crippen LogP contribution in [0.5, 0.6) is 0 Å². The van der Waals surface area contributed by atoms with Gasteiger partial charge in [-0.25, -0.2) is 4.98 Å². The van der Waals surface area contributed by atoms with E-state index in [-0.39, 0.29) is 5.91 Å². The number of nitrogens with one attached hydrogen (secondary N) is 1. The summed E-state index contributed by atoms with van der Waals surface area (Å²) in [6, 6.07) is 14.1. The van der Waals surface area contributed by atoms with E-state index in [2.05, 4.69) is 35.4 Å². The van der Waals surface area contributed by atoms with E-state index in [0.717, 1.165) is 21.8 Å². The van der Waals surface area contributed by atoms with E-state index in [1.165, 1.54) is 10.3 Å². The van der Waals surface area contributed by atoms with Crippen LogP contribution in [0.15, 0.2) is 42.5 Å². The topological polar surface area (TPSA) is 42.0 Å². The summed E-state index contributed by atoms with van der Waals surface area (Å²) >= 11 is 1.69. The molecule has 0 radical (unpaired) electrons. The highest BCUT2D eigenvalue weighted by Crippen LogP contribution is 2.31. The van der Waals surface area contributed by atoms with Crippen LogP contribution in [0.2, 0.25) is 0 Å². The Morgan fingerprint density at radius 1 is 1.19 bits per heavy atom. The smallest absolute Gasteiger partial charge is 0.224 e. The molecule has 1 aromatic heterocycles. The van der Waals surface area contributed by atoms with Crippen molar-refractivity contribution in [1.29, 1.82) is 0 Å². The second-order valence-corrected chi connectivity index (χ2v) is 6.00. The molecule has 0 saturated heterocycles. The summed E-state index contributed by atoms with van der Waals surface area (Å²) in [5.41, 5.74) is 4.17. The zero-order valence-electron chi connectivity index (χ0n) is 12.0. The van der Waals surface area contributed by atoms with Crippen molar-refractivity contribution in [3.8, 4) is 10.6 Å². The zero-order chi connectivity index (χ0) is 14.8. The first-order chi connectivity index (χ1) is 10.2. The number of amides is 1. The SMILES string of the molecule is CCC(=O)Nc1ccc(-c2nc3ccc(C)cc3s2)cc1. The van der Waals surface area contributed by atoms with Crippen LogP contribution in [0.3, 0.4) is 0 Å². The van der Waals surface area contributed by atoms with Crippen LogP contribution in [0.4, 0.5) is 5.69 Å². The quantitative estimate of drug-likeness (QED) is 0.766. The van der Waals surface area contributed by atoms with Crippen LogP contribution in [-0.2, 0) is 4.79 Å². The highest BCUT2D eigenvalue weighted by Gasteiger charge is 2.07. The summed E-state index contributed by atoms with van der Waals surface area (Å²) in [4.78, 5) is 16.0. The molecule has 106 valence electrons. The van der Waals surface area contributed by atoms with Crippen LogP contribution >= 0.6 is 11.3 Å². The van der Waals surface area contributed by atoms with E-state index in [1.54, 1.807) is 11.3 Å². The molecule has 0 unspecified atom stereocenters. The third-order valence-corrected chi connectivity index (χ3v) is 4.35. The fraction of sp³-hybridized carbons (Fsp3) is 0.176. The summed E-state index contributed by atoms with van der Waals surface area (Å²) in [7, 11) is 0. The summed E-state index contributed by atoms with van der Waals surface area (Å²) in [5, 5.41) is 3.85. The number of aryl methyl sites for hydroxylation is 1. The number of carbonyl (C=O) groups is 1. The largest absolute Gasteiger partial charge is 0.326 e. The summed E-state index contributed by atoms with van der Waals surface area (Å²) in [6.07, 6.45) is 0.485. The molecule has 0 fully saturated rings. The van der Waals surface area contributed by atoms with Crippen molar-refractivity contribution in [2.75, 3.05) is 5.32 Å². The Hall–Kier alpha value is -2.20. The Morgan fingerprint density at radius 2 is 1.95 bits per heavy atom. The molecule has 0 saturated carbocycles. The van der Waals surface area contributed by atoms with E-state index in [1.807, 2.05) is 31.2 Å². The normalized spacial score (nSPS) is 10.8. The second kappa shape index (κ2) is 5.66. The third kappa shape index (κ3) is 2.95. The van der Waals surface area contributed by atoms with Gasteiger partial charge in [-0.3, -0.25) is 4.79 Å². The molecule has 0 aliphatic heterocycles. The van der Waals surface area contributed by atoms with Gasteiger partial charge in [0.1, 0.15) is 5.01 Å². The molecule has 1 N–H and O–H groups in total. The molecule has 0 spiro atoms. The van der Waals surface area contributed by atoms with Crippen molar-refractivity contribution in [2.24, 2.45) is 0 Å². The van der Waals surface area contributed by atoms with Crippen molar-refractivity contribution < 1.29 is 4.79 Å². The van der Waals surface area contributed by atoms with E-state index in [0.29, 0.717) is 6.42 Å². The Morgan fingerprint density at radius 3 is 2.67 bits per heavy atom. The molecule has 21 heavy (non-hydrogen) atoms. The number of hydrogen-bond donors (Lipinski definition) is 1. The van der Waals surface area contributed by atoms with Gasteiger partial charge in [-0.15, -0.1) is 11.3 Å². The van der Waals surface area contributed by atoms with E-state index in [9.17, 15) is 4.79 Å². The highest BCUT2D eigenvalue weighted by atomic mass is 32.1. The average Bonchev–Trinajstić information content (AvgIpc) is 2.90. The molecule has 2 aromatic carbocycles. The van der Waals surface area contributed by atoms with Gasteiger partial charge in [0.2, 0.25) is 5.91 Å². The molecular weight excluding hydrogens is 280 g/mol. The number of rotatable bonds is 3. The summed E-state index contributed by atoms with van der Waals surface area (Å²) in [6.45, 7) is 3.93. The predicted molar refractivity (Wildman–Crippen MR) is 88.7 cm³/mol. The first kappa shape index (κ1) is 13.8. The number of anilines is 1. The Balaban J connectivity index is 1.90. The van der Waals surface area contributed by atoms with Gasteiger partial charge in [-0.2, -0.15) is 0 Å². The number of hydrogen-bond acceptors (Lipinski definition) is 3. The first-order valence-corrected chi connectivity index (χ1v) is 7.75. The maximum absolute atomic E-state index is 11.4. The van der Waals surface area contributed by atoms with Crippen LogP contribution in [0, 0.1) is 6.92 Å². The minimum Gasteiger partial charge on any atom is -0.326 e. The van der Waals surface area contributed by atoms with Crippen molar-refractivity contribution >= 4 is 33.1 Å². The number of benzene rings is 2. The van der Waals surface area contributed by atoms with Gasteiger partial charge in [-0.05, 0) is 48.9 Å². The van der Waals surface area contributed by atoms with Crippen molar-refractivity contribution in [3.05, 3.63) is 48.0 Å². The highest BCUT2D eigenvalue weighted by molar-refractivity contribution is 7.21. The number of thiazole rings is 1. The number of nitrogens with zero attached hydrogens (tertiary/aromatic N) is 1. The van der Waals surface area contributed by atoms with Gasteiger partial charge in [-0.1, -0.05) is 13.0 Å². The van der Waals surface area contributed by atoms with Crippen LogP contribution in [0.25, 0.3) is 20.8 Å². The molecule has 0 aliphatic carbocycles. The minimum atomic E-state index is 0.0261. The molecule has 1 amide bonds. The van der Waals surface area contributed by atoms with E-state index in [4.69, 9.17) is 0 Å². The number of carbonyl (C=O) groups excluding carboxylic acids is 1. The van der Waals surface area contributed by atoms with Gasteiger partial charge >= 0.3 is 0 Å². The lowest BCUT2D eigenvalue weighted by Gasteiger charge is -2.03. The van der Waals surface area contributed by atoms with Crippen molar-refractivity contribution in [2.45, 2.75) is 20.3 Å². The molecular formula is C17H16N2OS. The standard InChI is InChI=1S/C17H16N2OS/c1-3-16(20)18-13-7-5-12(6-8-13)17-19-14-9-4-11(2)10-15(14)21-17/h4-10H,3H2,1-2H3,(H,18,20). The monoisotopic (exact) mass is 296 g/mol. The fourth-order valence-corrected chi connectivity index (χ4v) is 3.17. The van der Waals surface area contributed by atoms with Crippen LogP contribution < -0.4 is 5.32 Å². The molecule has 3 aromatic rings. The minimum absolute atomic E-state index is 0.0261. The predicted octanol–water partition coefficient (Wildman–Crippen LogP) is 4.62. The van der Waals surface area contributed by atoms with Gasteiger partial charge < -0.3 is 5.32 Å². The molecule has 3 nitrogen and oxygen atoms in total. The number of fused-ring (bicyclic) bond motifs is 1. The number of aromatic nitrogens is 1. The summed E-state index contributed by atoms with van der Waals surface area (Å²) in [5.74, 6) is 0.0261. The van der Waals surface area contributed by atoms with Crippen LogP contribution in [0.1, 0.15) is 18.9 Å². The molecule has 0 atom stereocenters. The zero-order valence-corrected chi connectivity index (χ0v) is 12.8. The maximum Gasteiger partial charge on any atom is 0.224 e. The fourth-order valence-electron chi connectivity index (χ4n) is 2.10. The van der Waals surface area contributed by atoms with Crippen LogP contribution in [-0.4, -0.2) is 10.9 Å². The molecule has 0 bridgehead atoms. The lowest BCUT2D eigenvalue weighted by molar-refractivity contribution is -0.115. The average molecular weight is 296 g/mol. The van der Waals surface area contributed by atoms with Gasteiger partial charge in [0.05, 0.1) is 10.2 Å². The van der Waals surface area contributed by atoms with Gasteiger partial charge in [0, 0.05) is 17.7 Å². The Bertz CT molecular complexity index is 790. The van der Waals surface area contributed by atoms with E-state index >= 15 is 0 Å². The molecule has 3 rings (SSSR count). The van der Waals surface area contributed by atoms with Gasteiger partial charge in [0.25, 0.3) is 0 Å². The van der Waals surface area contributed by atoms with Crippen molar-refractivity contribution in [3.63, 3.8) is 0 Å².